The smallest absolute Gasteiger partial charge is 0.306 e. The van der Waals surface area contributed by atoms with Crippen LogP contribution in [0.4, 0.5) is 0 Å². The molecule has 1 aromatic carbocycles. The van der Waals surface area contributed by atoms with Crippen LogP contribution in [0, 0.1) is 18.8 Å². The fourth-order valence-corrected chi connectivity index (χ4v) is 3.56. The largest absolute Gasteiger partial charge is 0.491 e. The Hall–Kier alpha value is -2.90. The van der Waals surface area contributed by atoms with Gasteiger partial charge in [-0.05, 0) is 57.4 Å². The van der Waals surface area contributed by atoms with Gasteiger partial charge in [-0.2, -0.15) is 0 Å². The zero-order chi connectivity index (χ0) is 20.4. The second kappa shape index (κ2) is 8.00. The molecule has 150 valence electrons. The van der Waals surface area contributed by atoms with E-state index in [2.05, 4.69) is 10.3 Å². The molecule has 1 N–H and O–H groups in total. The van der Waals surface area contributed by atoms with Gasteiger partial charge in [0.25, 0.3) is 5.91 Å². The number of amides is 1. The number of aromatic nitrogens is 3. The van der Waals surface area contributed by atoms with Crippen LogP contribution in [0.15, 0.2) is 24.3 Å². The number of carboxylic acids is 1. The fraction of sp³-hybridized carbons (Fsp3) is 0.500. The molecule has 1 amide bonds. The van der Waals surface area contributed by atoms with Gasteiger partial charge in [-0.25, -0.2) is 4.68 Å². The fourth-order valence-electron chi connectivity index (χ4n) is 3.56. The number of carboxylic acid groups (broad SMARTS) is 1. The van der Waals surface area contributed by atoms with E-state index in [0.29, 0.717) is 30.9 Å². The van der Waals surface area contributed by atoms with E-state index >= 15 is 0 Å². The van der Waals surface area contributed by atoms with Crippen LogP contribution in [0.1, 0.15) is 43.4 Å². The van der Waals surface area contributed by atoms with Crippen molar-refractivity contribution in [2.75, 3.05) is 13.1 Å². The monoisotopic (exact) mass is 386 g/mol. The van der Waals surface area contributed by atoms with Gasteiger partial charge in [-0.15, -0.1) is 5.10 Å². The quantitative estimate of drug-likeness (QED) is 0.848. The van der Waals surface area contributed by atoms with Crippen LogP contribution in [-0.4, -0.2) is 56.1 Å². The van der Waals surface area contributed by atoms with Crippen molar-refractivity contribution >= 4 is 11.9 Å². The Labute approximate surface area is 164 Å². The van der Waals surface area contributed by atoms with Crippen molar-refractivity contribution in [2.45, 2.75) is 40.2 Å². The van der Waals surface area contributed by atoms with Crippen LogP contribution in [-0.2, 0) is 4.79 Å². The number of ether oxygens (including phenoxy) is 1. The third kappa shape index (κ3) is 4.00. The highest BCUT2D eigenvalue weighted by atomic mass is 16.5. The van der Waals surface area contributed by atoms with E-state index in [-0.39, 0.29) is 17.9 Å². The van der Waals surface area contributed by atoms with Gasteiger partial charge < -0.3 is 14.7 Å². The number of carbonyl (C=O) groups excluding carboxylic acids is 1. The van der Waals surface area contributed by atoms with Crippen LogP contribution in [0.3, 0.4) is 0 Å². The molecule has 0 bridgehead atoms. The number of aliphatic carboxylic acids is 1. The Morgan fingerprint density at radius 3 is 2.50 bits per heavy atom. The molecule has 0 radical (unpaired) electrons. The van der Waals surface area contributed by atoms with E-state index < -0.39 is 11.9 Å². The van der Waals surface area contributed by atoms with E-state index in [1.54, 1.807) is 16.5 Å². The number of benzene rings is 1. The minimum atomic E-state index is -0.799. The van der Waals surface area contributed by atoms with Gasteiger partial charge in [0.2, 0.25) is 0 Å². The molecule has 2 aromatic rings. The molecule has 2 unspecified atom stereocenters. The van der Waals surface area contributed by atoms with Crippen molar-refractivity contribution in [3.8, 4) is 11.4 Å². The van der Waals surface area contributed by atoms with Gasteiger partial charge in [0.05, 0.1) is 23.4 Å². The average Bonchev–Trinajstić information content (AvgIpc) is 3.02. The van der Waals surface area contributed by atoms with Crippen molar-refractivity contribution in [1.82, 2.24) is 19.9 Å². The summed E-state index contributed by atoms with van der Waals surface area (Å²) in [6.45, 7) is 8.42. The summed E-state index contributed by atoms with van der Waals surface area (Å²) in [6, 6.07) is 7.45. The molecule has 2 atom stereocenters. The summed E-state index contributed by atoms with van der Waals surface area (Å²) in [7, 11) is 0. The van der Waals surface area contributed by atoms with E-state index in [9.17, 15) is 14.7 Å². The third-order valence-corrected chi connectivity index (χ3v) is 5.06. The molecule has 8 nitrogen and oxygen atoms in total. The van der Waals surface area contributed by atoms with E-state index in [1.807, 2.05) is 45.0 Å². The van der Waals surface area contributed by atoms with E-state index in [4.69, 9.17) is 4.74 Å². The Morgan fingerprint density at radius 1 is 1.25 bits per heavy atom. The highest BCUT2D eigenvalue weighted by molar-refractivity contribution is 5.93. The summed E-state index contributed by atoms with van der Waals surface area (Å²) in [4.78, 5) is 25.8. The van der Waals surface area contributed by atoms with Gasteiger partial charge in [-0.1, -0.05) is 12.1 Å². The number of carbonyl (C=O) groups is 2. The second-order valence-corrected chi connectivity index (χ2v) is 7.56. The molecular weight excluding hydrogens is 360 g/mol. The molecule has 0 spiro atoms. The molecule has 1 saturated heterocycles. The normalized spacial score (nSPS) is 19.7. The first-order valence-corrected chi connectivity index (χ1v) is 9.49. The van der Waals surface area contributed by atoms with Crippen LogP contribution in [0.5, 0.6) is 5.75 Å². The number of nitrogens with zero attached hydrogens (tertiary/aromatic N) is 4. The van der Waals surface area contributed by atoms with Crippen LogP contribution >= 0.6 is 0 Å². The minimum absolute atomic E-state index is 0.0934. The summed E-state index contributed by atoms with van der Waals surface area (Å²) in [5, 5.41) is 17.5. The van der Waals surface area contributed by atoms with Crippen LogP contribution in [0.25, 0.3) is 5.69 Å². The number of hydrogen-bond acceptors (Lipinski definition) is 5. The highest BCUT2D eigenvalue weighted by Gasteiger charge is 2.34. The third-order valence-electron chi connectivity index (χ3n) is 5.06. The molecule has 8 heteroatoms. The SMILES string of the molecule is Cc1c(C(=O)N2CCC(C(=O)O)C(C)C2)nnn1-c1ccc(OC(C)C)cc1. The molecule has 0 aliphatic carbocycles. The van der Waals surface area contributed by atoms with Crippen molar-refractivity contribution < 1.29 is 19.4 Å². The maximum atomic E-state index is 12.9. The second-order valence-electron chi connectivity index (χ2n) is 7.56. The van der Waals surface area contributed by atoms with Crippen LogP contribution < -0.4 is 4.74 Å². The molecule has 1 aliphatic heterocycles. The first-order valence-electron chi connectivity index (χ1n) is 9.49. The molecular formula is C20H26N4O4. The molecule has 3 rings (SSSR count). The Balaban J connectivity index is 1.76. The molecule has 1 fully saturated rings. The predicted molar refractivity (Wildman–Crippen MR) is 103 cm³/mol. The van der Waals surface area contributed by atoms with Gasteiger partial charge >= 0.3 is 5.97 Å². The first kappa shape index (κ1) is 19.9. The number of hydrogen-bond donors (Lipinski definition) is 1. The standard InChI is InChI=1S/C20H26N4O4/c1-12(2)28-16-7-5-15(6-8-16)24-14(4)18(21-22-24)19(25)23-10-9-17(20(26)27)13(3)11-23/h5-8,12-13,17H,9-11H2,1-4H3,(H,26,27). The highest BCUT2D eigenvalue weighted by Crippen LogP contribution is 2.25. The first-order chi connectivity index (χ1) is 13.3. The van der Waals surface area contributed by atoms with E-state index in [0.717, 1.165) is 11.4 Å². The van der Waals surface area contributed by atoms with Crippen molar-refractivity contribution in [1.29, 1.82) is 0 Å². The topological polar surface area (TPSA) is 97.5 Å². The zero-order valence-corrected chi connectivity index (χ0v) is 16.6. The summed E-state index contributed by atoms with van der Waals surface area (Å²) in [5.74, 6) is -0.750. The Bertz CT molecular complexity index is 860. The Kier molecular flexibility index (Phi) is 5.67. The summed E-state index contributed by atoms with van der Waals surface area (Å²) in [6.07, 6.45) is 0.544. The maximum absolute atomic E-state index is 12.9. The van der Waals surface area contributed by atoms with Crippen molar-refractivity contribution in [3.05, 3.63) is 35.7 Å². The summed E-state index contributed by atoms with van der Waals surface area (Å²) in [5.41, 5.74) is 1.73. The molecule has 0 saturated carbocycles. The van der Waals surface area contributed by atoms with Gasteiger partial charge in [0, 0.05) is 13.1 Å². The average molecular weight is 386 g/mol. The predicted octanol–water partition coefficient (Wildman–Crippen LogP) is 2.55. The lowest BCUT2D eigenvalue weighted by molar-refractivity contribution is -0.145. The number of likely N-dealkylation sites (tertiary alicyclic amines) is 1. The lowest BCUT2D eigenvalue weighted by Crippen LogP contribution is -2.45. The minimum Gasteiger partial charge on any atom is -0.491 e. The molecule has 1 aliphatic rings. The van der Waals surface area contributed by atoms with Gasteiger partial charge in [0.15, 0.2) is 5.69 Å². The zero-order valence-electron chi connectivity index (χ0n) is 16.6. The molecule has 28 heavy (non-hydrogen) atoms. The summed E-state index contributed by atoms with van der Waals surface area (Å²) < 4.78 is 7.27. The number of rotatable bonds is 5. The summed E-state index contributed by atoms with van der Waals surface area (Å²) >= 11 is 0. The number of piperidine rings is 1. The van der Waals surface area contributed by atoms with Crippen molar-refractivity contribution in [3.63, 3.8) is 0 Å². The van der Waals surface area contributed by atoms with Crippen LogP contribution in [0.2, 0.25) is 0 Å². The van der Waals surface area contributed by atoms with Gasteiger partial charge in [-0.3, -0.25) is 9.59 Å². The van der Waals surface area contributed by atoms with E-state index in [1.165, 1.54) is 0 Å². The lowest BCUT2D eigenvalue weighted by atomic mass is 9.87. The van der Waals surface area contributed by atoms with Gasteiger partial charge in [0.1, 0.15) is 5.75 Å². The van der Waals surface area contributed by atoms with Crippen molar-refractivity contribution in [2.24, 2.45) is 11.8 Å². The Morgan fingerprint density at radius 2 is 1.93 bits per heavy atom. The molecule has 2 heterocycles. The molecule has 1 aromatic heterocycles. The maximum Gasteiger partial charge on any atom is 0.306 e. The lowest BCUT2D eigenvalue weighted by Gasteiger charge is -2.34.